The van der Waals surface area contributed by atoms with E-state index >= 15 is 0 Å². The first-order chi connectivity index (χ1) is 33.7. The summed E-state index contributed by atoms with van der Waals surface area (Å²) in [7, 11) is 0. The number of carbonyl (C=O) groups excluding carboxylic acids is 1. The second-order valence-electron chi connectivity index (χ2n) is 21.8. The molecule has 0 aromatic heterocycles. The summed E-state index contributed by atoms with van der Waals surface area (Å²) in [6.07, 6.45) is 80.6. The Balaban J connectivity index is 3.37. The van der Waals surface area contributed by atoms with Gasteiger partial charge in [-0.25, -0.2) is 0 Å². The highest BCUT2D eigenvalue weighted by Crippen LogP contribution is 2.19. The van der Waals surface area contributed by atoms with Crippen molar-refractivity contribution in [1.29, 1.82) is 0 Å². The maximum atomic E-state index is 12.5. The molecule has 2 atom stereocenters. The molecule has 4 nitrogen and oxygen atoms in total. The fourth-order valence-electron chi connectivity index (χ4n) is 10.2. The highest BCUT2D eigenvalue weighted by Gasteiger charge is 2.20. The lowest BCUT2D eigenvalue weighted by molar-refractivity contribution is -0.123. The Morgan fingerprint density at radius 1 is 0.353 bits per heavy atom. The van der Waals surface area contributed by atoms with Crippen LogP contribution in [0.4, 0.5) is 0 Å². The van der Waals surface area contributed by atoms with Crippen molar-refractivity contribution in [1.82, 2.24) is 5.32 Å². The van der Waals surface area contributed by atoms with Crippen LogP contribution in [-0.2, 0) is 4.79 Å². The minimum absolute atomic E-state index is 0.0229. The first kappa shape index (κ1) is 66.9. The van der Waals surface area contributed by atoms with Gasteiger partial charge in [0.15, 0.2) is 0 Å². The minimum Gasteiger partial charge on any atom is -0.394 e. The molecule has 0 aromatic rings. The number of aliphatic hydroxyl groups is 2. The number of carbonyl (C=O) groups is 1. The maximum Gasteiger partial charge on any atom is 0.220 e. The van der Waals surface area contributed by atoms with Gasteiger partial charge in [-0.05, 0) is 44.9 Å². The lowest BCUT2D eigenvalue weighted by Gasteiger charge is -2.22. The van der Waals surface area contributed by atoms with Crippen molar-refractivity contribution in [2.24, 2.45) is 0 Å². The Morgan fingerprint density at radius 3 is 0.882 bits per heavy atom. The normalized spacial score (nSPS) is 12.8. The van der Waals surface area contributed by atoms with Gasteiger partial charge in [0, 0.05) is 6.42 Å². The van der Waals surface area contributed by atoms with Crippen LogP contribution in [-0.4, -0.2) is 34.9 Å². The molecule has 404 valence electrons. The molecule has 0 rings (SSSR count). The van der Waals surface area contributed by atoms with E-state index in [1.54, 1.807) is 0 Å². The van der Waals surface area contributed by atoms with Crippen molar-refractivity contribution in [3.05, 3.63) is 24.3 Å². The van der Waals surface area contributed by atoms with E-state index in [9.17, 15) is 15.0 Å². The Labute approximate surface area is 428 Å². The van der Waals surface area contributed by atoms with Gasteiger partial charge in [-0.3, -0.25) is 4.79 Å². The monoisotopic (exact) mass is 956 g/mol. The molecule has 0 aliphatic heterocycles. The standard InChI is InChI=1S/C64H125NO3/c1-3-5-7-9-11-13-15-17-19-21-23-24-25-26-27-28-29-30-31-32-33-34-35-36-37-38-39-40-42-44-46-48-50-52-54-56-58-60-64(68)65-62(61-66)63(67)59-57-55-53-51-49-47-45-43-41-22-20-18-16-14-12-10-8-6-4-2/h15,17,21,23,62-63,66-67H,3-14,16,18-20,22,24-61H2,1-2H3,(H,65,68)/b17-15-,23-21-. The van der Waals surface area contributed by atoms with Crippen LogP contribution in [0.1, 0.15) is 361 Å². The van der Waals surface area contributed by atoms with E-state index in [-0.39, 0.29) is 12.5 Å². The molecule has 3 N–H and O–H groups in total. The average molecular weight is 957 g/mol. The van der Waals surface area contributed by atoms with Gasteiger partial charge in [0.05, 0.1) is 18.8 Å². The number of unbranched alkanes of at least 4 members (excludes halogenated alkanes) is 48. The van der Waals surface area contributed by atoms with Crippen molar-refractivity contribution in [2.75, 3.05) is 6.61 Å². The van der Waals surface area contributed by atoms with Crippen molar-refractivity contribution in [3.63, 3.8) is 0 Å². The van der Waals surface area contributed by atoms with Gasteiger partial charge < -0.3 is 15.5 Å². The molecule has 2 unspecified atom stereocenters. The molecule has 0 aliphatic carbocycles. The third kappa shape index (κ3) is 55.8. The predicted octanol–water partition coefficient (Wildman–Crippen LogP) is 21.0. The zero-order valence-corrected chi connectivity index (χ0v) is 46.7. The van der Waals surface area contributed by atoms with E-state index < -0.39 is 12.1 Å². The van der Waals surface area contributed by atoms with Gasteiger partial charge in [0.1, 0.15) is 0 Å². The van der Waals surface area contributed by atoms with Crippen LogP contribution in [0.3, 0.4) is 0 Å². The summed E-state index contributed by atoms with van der Waals surface area (Å²) in [4.78, 5) is 12.5. The van der Waals surface area contributed by atoms with Crippen molar-refractivity contribution < 1.29 is 15.0 Å². The number of amides is 1. The molecule has 0 aliphatic rings. The van der Waals surface area contributed by atoms with Crippen LogP contribution in [0.15, 0.2) is 24.3 Å². The molecule has 0 saturated carbocycles. The molecule has 0 radical (unpaired) electrons. The number of allylic oxidation sites excluding steroid dienone is 4. The molecule has 4 heteroatoms. The SMILES string of the molecule is CCCCCCC/C=C\C/C=C\CCCCCCCCCCCCCCCCCCCCCCCCCCCC(=O)NC(CO)C(O)CCCCCCCCCCCCCCCCCCCCC. The Bertz CT molecular complexity index is 994. The summed E-state index contributed by atoms with van der Waals surface area (Å²) in [5, 5.41) is 23.4. The first-order valence-corrected chi connectivity index (χ1v) is 31.5. The Kier molecular flexibility index (Phi) is 59.2. The smallest absolute Gasteiger partial charge is 0.220 e. The molecule has 1 amide bonds. The highest BCUT2D eigenvalue weighted by molar-refractivity contribution is 5.76. The van der Waals surface area contributed by atoms with Gasteiger partial charge >= 0.3 is 0 Å². The second-order valence-corrected chi connectivity index (χ2v) is 21.8. The molecule has 0 spiro atoms. The van der Waals surface area contributed by atoms with Crippen molar-refractivity contribution in [2.45, 2.75) is 373 Å². The molecule has 0 fully saturated rings. The van der Waals surface area contributed by atoms with Crippen LogP contribution >= 0.6 is 0 Å². The number of hydrogen-bond donors (Lipinski definition) is 3. The predicted molar refractivity (Wildman–Crippen MR) is 304 cm³/mol. The summed E-state index contributed by atoms with van der Waals surface area (Å²) in [5.41, 5.74) is 0. The Morgan fingerprint density at radius 2 is 0.603 bits per heavy atom. The lowest BCUT2D eigenvalue weighted by atomic mass is 10.0. The lowest BCUT2D eigenvalue weighted by Crippen LogP contribution is -2.45. The topological polar surface area (TPSA) is 69.6 Å². The summed E-state index contributed by atoms with van der Waals surface area (Å²) in [6, 6.07) is -0.533. The molecular weight excluding hydrogens is 831 g/mol. The van der Waals surface area contributed by atoms with Crippen molar-refractivity contribution >= 4 is 5.91 Å². The average Bonchev–Trinajstić information content (AvgIpc) is 3.34. The van der Waals surface area contributed by atoms with E-state index in [2.05, 4.69) is 43.5 Å². The van der Waals surface area contributed by atoms with Crippen LogP contribution in [0, 0.1) is 0 Å². The van der Waals surface area contributed by atoms with Crippen LogP contribution in [0.5, 0.6) is 0 Å². The number of hydrogen-bond acceptors (Lipinski definition) is 3. The van der Waals surface area contributed by atoms with Crippen molar-refractivity contribution in [3.8, 4) is 0 Å². The van der Waals surface area contributed by atoms with E-state index in [0.717, 1.165) is 32.1 Å². The fourth-order valence-corrected chi connectivity index (χ4v) is 10.2. The molecule has 0 aromatic carbocycles. The zero-order valence-electron chi connectivity index (χ0n) is 46.7. The van der Waals surface area contributed by atoms with Gasteiger partial charge in [-0.2, -0.15) is 0 Å². The van der Waals surface area contributed by atoms with Crippen LogP contribution in [0.2, 0.25) is 0 Å². The van der Waals surface area contributed by atoms with Crippen LogP contribution < -0.4 is 5.32 Å². The van der Waals surface area contributed by atoms with E-state index in [1.165, 1.54) is 302 Å². The number of rotatable bonds is 59. The summed E-state index contributed by atoms with van der Waals surface area (Å²) >= 11 is 0. The summed E-state index contributed by atoms with van der Waals surface area (Å²) in [6.45, 7) is 4.39. The Hall–Kier alpha value is -1.13. The summed E-state index contributed by atoms with van der Waals surface area (Å²) in [5.74, 6) is -0.0229. The molecule has 68 heavy (non-hydrogen) atoms. The molecule has 0 bridgehead atoms. The highest BCUT2D eigenvalue weighted by atomic mass is 16.3. The molecule has 0 heterocycles. The second kappa shape index (κ2) is 60.2. The zero-order chi connectivity index (χ0) is 49.2. The quantitative estimate of drug-likeness (QED) is 0.0420. The van der Waals surface area contributed by atoms with Gasteiger partial charge in [-0.1, -0.05) is 334 Å². The third-order valence-electron chi connectivity index (χ3n) is 15.0. The van der Waals surface area contributed by atoms with Gasteiger partial charge in [-0.15, -0.1) is 0 Å². The van der Waals surface area contributed by atoms with E-state index in [4.69, 9.17) is 0 Å². The van der Waals surface area contributed by atoms with Crippen LogP contribution in [0.25, 0.3) is 0 Å². The van der Waals surface area contributed by atoms with E-state index in [1.807, 2.05) is 0 Å². The first-order valence-electron chi connectivity index (χ1n) is 31.5. The van der Waals surface area contributed by atoms with Gasteiger partial charge in [0.25, 0.3) is 0 Å². The van der Waals surface area contributed by atoms with E-state index in [0.29, 0.717) is 12.8 Å². The summed E-state index contributed by atoms with van der Waals surface area (Å²) < 4.78 is 0. The number of aliphatic hydroxyl groups excluding tert-OH is 2. The molecule has 0 saturated heterocycles. The maximum absolute atomic E-state index is 12.5. The number of nitrogens with one attached hydrogen (secondary N) is 1. The minimum atomic E-state index is -0.657. The van der Waals surface area contributed by atoms with Gasteiger partial charge in [0.2, 0.25) is 5.91 Å². The molecular formula is C64H125NO3. The fraction of sp³-hybridized carbons (Fsp3) is 0.922. The largest absolute Gasteiger partial charge is 0.394 e. The third-order valence-corrected chi connectivity index (χ3v) is 15.0.